The topological polar surface area (TPSA) is 112 Å². The van der Waals surface area contributed by atoms with Crippen LogP contribution in [0.1, 0.15) is 42.6 Å². The van der Waals surface area contributed by atoms with Crippen LogP contribution in [0, 0.1) is 5.92 Å². The number of anilines is 3. The second kappa shape index (κ2) is 10.1. The van der Waals surface area contributed by atoms with E-state index < -0.39 is 6.03 Å². The van der Waals surface area contributed by atoms with E-state index in [9.17, 15) is 14.4 Å². The molecule has 2 aliphatic rings. The smallest absolute Gasteiger partial charge is 0.320 e. The van der Waals surface area contributed by atoms with Gasteiger partial charge >= 0.3 is 6.03 Å². The molecule has 0 fully saturated rings. The average Bonchev–Trinajstić information content (AvgIpc) is 3.36. The molecule has 4 amide bonds. The van der Waals surface area contributed by atoms with Gasteiger partial charge in [0.2, 0.25) is 5.91 Å². The van der Waals surface area contributed by atoms with Crippen molar-refractivity contribution in [1.82, 2.24) is 25.3 Å². The summed E-state index contributed by atoms with van der Waals surface area (Å²) in [6, 6.07) is 7.38. The summed E-state index contributed by atoms with van der Waals surface area (Å²) >= 11 is 0. The Balaban J connectivity index is 1.31. The van der Waals surface area contributed by atoms with E-state index in [1.807, 2.05) is 29.9 Å². The molecule has 0 bridgehead atoms. The van der Waals surface area contributed by atoms with Crippen molar-refractivity contribution in [2.24, 2.45) is 5.92 Å². The summed E-state index contributed by atoms with van der Waals surface area (Å²) in [5.74, 6) is 1.86. The first kappa shape index (κ1) is 23.6. The second-order valence-electron chi connectivity index (χ2n) is 9.24. The van der Waals surface area contributed by atoms with Gasteiger partial charge in [0.05, 0.1) is 6.54 Å². The number of hydrogen-bond donors (Lipinski definition) is 3. The number of hydrogen-bond acceptors (Lipinski definition) is 5. The lowest BCUT2D eigenvalue weighted by Crippen LogP contribution is -2.34. The zero-order valence-corrected chi connectivity index (χ0v) is 20.1. The lowest BCUT2D eigenvalue weighted by molar-refractivity contribution is -0.120. The fourth-order valence-electron chi connectivity index (χ4n) is 4.22. The van der Waals surface area contributed by atoms with Gasteiger partial charge in [-0.1, -0.05) is 13.8 Å². The first-order valence-corrected chi connectivity index (χ1v) is 11.9. The van der Waals surface area contributed by atoms with E-state index in [0.29, 0.717) is 24.8 Å². The number of urea groups is 1. The van der Waals surface area contributed by atoms with Crippen molar-refractivity contribution in [1.29, 1.82) is 0 Å². The number of benzene rings is 1. The van der Waals surface area contributed by atoms with Crippen molar-refractivity contribution < 1.29 is 14.4 Å². The van der Waals surface area contributed by atoms with Crippen LogP contribution in [0.4, 0.5) is 22.1 Å². The molecule has 2 aromatic rings. The molecular formula is C24H33N7O3. The highest BCUT2D eigenvalue weighted by atomic mass is 16.2. The lowest BCUT2D eigenvalue weighted by Gasteiger charge is -2.26. The number of likely N-dealkylation sites (N-methyl/N-ethyl adjacent to an activating group) is 1. The number of nitrogens with one attached hydrogen (secondary N) is 3. The van der Waals surface area contributed by atoms with E-state index in [1.54, 1.807) is 4.90 Å². The summed E-state index contributed by atoms with van der Waals surface area (Å²) in [6.07, 6.45) is 2.00. The summed E-state index contributed by atoms with van der Waals surface area (Å²) in [6.45, 7) is 7.31. The first-order chi connectivity index (χ1) is 16.3. The van der Waals surface area contributed by atoms with Crippen LogP contribution in [-0.2, 0) is 17.8 Å². The normalized spacial score (nSPS) is 14.8. The predicted octanol–water partition coefficient (Wildman–Crippen LogP) is 2.34. The minimum Gasteiger partial charge on any atom is -0.356 e. The standard InChI is InChI=1S/C24H33N7O3/c1-16(2)6-9-25-21(32)7-10-26-24(34)27-20-15-22-30(12-13-31(22)28-20)18-4-5-19-17(14-18)8-11-29(3)23(19)33/h4-5,14-16H,6-13H2,1-3H3,(H,25,32)(H2,26,27,28,34). The number of carbonyl (C=O) groups excluding carboxylic acids is 3. The third-order valence-corrected chi connectivity index (χ3v) is 6.19. The number of amides is 4. The zero-order valence-electron chi connectivity index (χ0n) is 20.1. The molecule has 0 aliphatic carbocycles. The summed E-state index contributed by atoms with van der Waals surface area (Å²) in [5.41, 5.74) is 2.83. The molecular weight excluding hydrogens is 434 g/mol. The van der Waals surface area contributed by atoms with Gasteiger partial charge in [-0.3, -0.25) is 14.9 Å². The molecule has 2 aliphatic heterocycles. The Bertz CT molecular complexity index is 1080. The maximum atomic E-state index is 12.4. The molecule has 1 aromatic carbocycles. The van der Waals surface area contributed by atoms with Crippen molar-refractivity contribution in [2.45, 2.75) is 39.7 Å². The summed E-state index contributed by atoms with van der Waals surface area (Å²) in [7, 11) is 1.83. The van der Waals surface area contributed by atoms with E-state index in [0.717, 1.165) is 48.6 Å². The number of fused-ring (bicyclic) bond motifs is 2. The van der Waals surface area contributed by atoms with Crippen molar-refractivity contribution in [3.8, 4) is 0 Å². The molecule has 0 unspecified atom stereocenters. The number of carbonyl (C=O) groups is 3. The van der Waals surface area contributed by atoms with Crippen molar-refractivity contribution in [3.05, 3.63) is 35.4 Å². The molecule has 0 saturated carbocycles. The molecule has 0 radical (unpaired) electrons. The van der Waals surface area contributed by atoms with Crippen LogP contribution >= 0.6 is 0 Å². The highest BCUT2D eigenvalue weighted by molar-refractivity contribution is 5.97. The third kappa shape index (κ3) is 5.32. The maximum Gasteiger partial charge on any atom is 0.320 e. The van der Waals surface area contributed by atoms with Crippen LogP contribution in [0.2, 0.25) is 0 Å². The minimum absolute atomic E-state index is 0.0600. The van der Waals surface area contributed by atoms with Crippen molar-refractivity contribution >= 4 is 35.2 Å². The van der Waals surface area contributed by atoms with Gasteiger partial charge in [0.25, 0.3) is 5.91 Å². The van der Waals surface area contributed by atoms with E-state index >= 15 is 0 Å². The molecule has 0 spiro atoms. The van der Waals surface area contributed by atoms with E-state index in [-0.39, 0.29) is 24.8 Å². The number of aromatic nitrogens is 2. The quantitative estimate of drug-likeness (QED) is 0.552. The largest absolute Gasteiger partial charge is 0.356 e. The van der Waals surface area contributed by atoms with Crippen LogP contribution in [0.3, 0.4) is 0 Å². The second-order valence-corrected chi connectivity index (χ2v) is 9.24. The Labute approximate surface area is 199 Å². The Morgan fingerprint density at radius 2 is 1.91 bits per heavy atom. The zero-order chi connectivity index (χ0) is 24.2. The van der Waals surface area contributed by atoms with E-state index in [1.165, 1.54) is 0 Å². The molecule has 182 valence electrons. The molecule has 10 nitrogen and oxygen atoms in total. The Morgan fingerprint density at radius 3 is 2.71 bits per heavy atom. The van der Waals surface area contributed by atoms with Crippen LogP contribution in [0.5, 0.6) is 0 Å². The van der Waals surface area contributed by atoms with Gasteiger partial charge < -0.3 is 20.4 Å². The van der Waals surface area contributed by atoms with Gasteiger partial charge in [0.1, 0.15) is 5.82 Å². The molecule has 34 heavy (non-hydrogen) atoms. The maximum absolute atomic E-state index is 12.4. The summed E-state index contributed by atoms with van der Waals surface area (Å²) in [5, 5.41) is 12.8. The minimum atomic E-state index is -0.394. The van der Waals surface area contributed by atoms with E-state index in [4.69, 9.17) is 0 Å². The third-order valence-electron chi connectivity index (χ3n) is 6.19. The van der Waals surface area contributed by atoms with E-state index in [2.05, 4.69) is 45.9 Å². The fraction of sp³-hybridized carbons (Fsp3) is 0.500. The highest BCUT2D eigenvalue weighted by Gasteiger charge is 2.26. The predicted molar refractivity (Wildman–Crippen MR) is 130 cm³/mol. The number of nitrogens with zero attached hydrogens (tertiary/aromatic N) is 4. The van der Waals surface area contributed by atoms with Crippen LogP contribution < -0.4 is 20.9 Å². The Hall–Kier alpha value is -3.56. The monoisotopic (exact) mass is 467 g/mol. The van der Waals surface area contributed by atoms with Gasteiger partial charge in [-0.2, -0.15) is 5.10 Å². The molecule has 10 heteroatoms. The van der Waals surface area contributed by atoms with Gasteiger partial charge in [-0.25, -0.2) is 9.48 Å². The number of rotatable bonds is 8. The highest BCUT2D eigenvalue weighted by Crippen LogP contribution is 2.34. The molecule has 0 atom stereocenters. The molecule has 3 heterocycles. The Morgan fingerprint density at radius 1 is 1.09 bits per heavy atom. The molecule has 0 saturated heterocycles. The van der Waals surface area contributed by atoms with Crippen LogP contribution in [-0.4, -0.2) is 65.8 Å². The summed E-state index contributed by atoms with van der Waals surface area (Å²) in [4.78, 5) is 40.3. The van der Waals surface area contributed by atoms with Gasteiger partial charge in [0, 0.05) is 57.0 Å². The SMILES string of the molecule is CC(C)CCNC(=O)CCNC(=O)Nc1cc2n(n1)CCN2c1ccc2c(c1)CCN(C)C2=O. The van der Waals surface area contributed by atoms with Gasteiger partial charge in [-0.15, -0.1) is 0 Å². The summed E-state index contributed by atoms with van der Waals surface area (Å²) < 4.78 is 1.86. The first-order valence-electron chi connectivity index (χ1n) is 11.9. The average molecular weight is 468 g/mol. The van der Waals surface area contributed by atoms with Crippen molar-refractivity contribution in [3.63, 3.8) is 0 Å². The van der Waals surface area contributed by atoms with Crippen LogP contribution in [0.25, 0.3) is 0 Å². The molecule has 4 rings (SSSR count). The van der Waals surface area contributed by atoms with Gasteiger partial charge in [0.15, 0.2) is 5.82 Å². The molecule has 3 N–H and O–H groups in total. The van der Waals surface area contributed by atoms with Crippen molar-refractivity contribution in [2.75, 3.05) is 43.4 Å². The van der Waals surface area contributed by atoms with Gasteiger partial charge in [-0.05, 0) is 42.5 Å². The van der Waals surface area contributed by atoms with Crippen LogP contribution in [0.15, 0.2) is 24.3 Å². The lowest BCUT2D eigenvalue weighted by atomic mass is 9.98. The molecule has 1 aromatic heterocycles. The Kier molecular flexibility index (Phi) is 7.04. The fourth-order valence-corrected chi connectivity index (χ4v) is 4.22.